The predicted octanol–water partition coefficient (Wildman–Crippen LogP) is 3.03. The molecule has 0 bridgehead atoms. The first kappa shape index (κ1) is 16.5. The van der Waals surface area contributed by atoms with Gasteiger partial charge in [0.15, 0.2) is 0 Å². The maximum Gasteiger partial charge on any atom is 0.234 e. The fourth-order valence-electron chi connectivity index (χ4n) is 2.56. The third kappa shape index (κ3) is 3.94. The second-order valence-electron chi connectivity index (χ2n) is 5.34. The van der Waals surface area contributed by atoms with E-state index in [1.807, 2.05) is 24.3 Å². The fraction of sp³-hybridized carbons (Fsp3) is 0.286. The van der Waals surface area contributed by atoms with Crippen LogP contribution in [0, 0.1) is 5.92 Å². The van der Waals surface area contributed by atoms with Crippen LogP contribution >= 0.6 is 26.6 Å². The van der Waals surface area contributed by atoms with E-state index in [1.165, 1.54) is 4.90 Å². The molecule has 1 fully saturated rings. The Kier molecular flexibility index (Phi) is 4.48. The first-order chi connectivity index (χ1) is 10.8. The Hall–Kier alpha value is -1.38. The second-order valence-corrected chi connectivity index (χ2v) is 9.08. The first-order valence-corrected chi connectivity index (χ1v) is 10.0. The lowest BCUT2D eigenvalue weighted by Crippen LogP contribution is -2.24. The van der Waals surface area contributed by atoms with E-state index < -0.39 is 9.05 Å². The number of aromatic nitrogens is 1. The van der Waals surface area contributed by atoms with Crippen LogP contribution in [0.1, 0.15) is 6.42 Å². The zero-order valence-corrected chi connectivity index (χ0v) is 14.9. The average molecular weight is 420 g/mol. The van der Waals surface area contributed by atoms with Crippen molar-refractivity contribution in [3.63, 3.8) is 0 Å². The van der Waals surface area contributed by atoms with Gasteiger partial charge < -0.3 is 4.52 Å². The summed E-state index contributed by atoms with van der Waals surface area (Å²) in [4.78, 5) is 13.5. The van der Waals surface area contributed by atoms with E-state index in [2.05, 4.69) is 21.1 Å². The molecule has 1 atom stereocenters. The molecule has 23 heavy (non-hydrogen) atoms. The molecule has 1 aliphatic heterocycles. The number of carbonyl (C=O) groups excluding carboxylic acids is 1. The van der Waals surface area contributed by atoms with Crippen molar-refractivity contribution in [1.82, 2.24) is 5.16 Å². The van der Waals surface area contributed by atoms with Crippen molar-refractivity contribution in [2.45, 2.75) is 6.42 Å². The Morgan fingerprint density at radius 2 is 2.17 bits per heavy atom. The Morgan fingerprint density at radius 3 is 2.87 bits per heavy atom. The Labute approximate surface area is 145 Å². The zero-order chi connectivity index (χ0) is 16.6. The van der Waals surface area contributed by atoms with E-state index in [-0.39, 0.29) is 30.5 Å². The smallest absolute Gasteiger partial charge is 0.234 e. The number of hydrogen-bond acceptors (Lipinski definition) is 5. The van der Waals surface area contributed by atoms with Gasteiger partial charge in [0.25, 0.3) is 0 Å². The van der Waals surface area contributed by atoms with E-state index in [0.717, 1.165) is 10.0 Å². The van der Waals surface area contributed by atoms with Crippen molar-refractivity contribution >= 4 is 47.5 Å². The third-order valence-electron chi connectivity index (χ3n) is 3.52. The summed E-state index contributed by atoms with van der Waals surface area (Å²) in [6.07, 6.45) is 0.124. The van der Waals surface area contributed by atoms with Gasteiger partial charge in [-0.3, -0.25) is 9.69 Å². The van der Waals surface area contributed by atoms with Gasteiger partial charge in [0.2, 0.25) is 20.8 Å². The van der Waals surface area contributed by atoms with E-state index in [1.54, 1.807) is 6.07 Å². The zero-order valence-electron chi connectivity index (χ0n) is 11.8. The lowest BCUT2D eigenvalue weighted by Gasteiger charge is -2.11. The molecule has 1 saturated heterocycles. The Morgan fingerprint density at radius 1 is 1.39 bits per heavy atom. The summed E-state index contributed by atoms with van der Waals surface area (Å²) in [5, 5.41) is 3.97. The van der Waals surface area contributed by atoms with Crippen molar-refractivity contribution in [2.24, 2.45) is 5.92 Å². The monoisotopic (exact) mass is 418 g/mol. The summed E-state index contributed by atoms with van der Waals surface area (Å²) >= 11 is 3.39. The summed E-state index contributed by atoms with van der Waals surface area (Å²) < 4.78 is 28.5. The second kappa shape index (κ2) is 6.26. The molecular weight excluding hydrogens is 408 g/mol. The molecule has 2 heterocycles. The number of hydrogen-bond donors (Lipinski definition) is 0. The number of amides is 1. The van der Waals surface area contributed by atoms with Crippen LogP contribution in [0.25, 0.3) is 11.3 Å². The molecule has 1 aromatic heterocycles. The molecule has 1 amide bonds. The van der Waals surface area contributed by atoms with Gasteiger partial charge in [-0.2, -0.15) is 0 Å². The topological polar surface area (TPSA) is 80.5 Å². The largest absolute Gasteiger partial charge is 0.338 e. The van der Waals surface area contributed by atoms with Gasteiger partial charge in [0.05, 0.1) is 5.75 Å². The highest BCUT2D eigenvalue weighted by atomic mass is 79.9. The van der Waals surface area contributed by atoms with Crippen molar-refractivity contribution in [1.29, 1.82) is 0 Å². The predicted molar refractivity (Wildman–Crippen MR) is 89.7 cm³/mol. The standard InChI is InChI=1S/C14H12BrClN2O4S/c15-11-3-1-2-10(5-11)12-6-14(22-17-12)18-7-9(4-13(18)19)8-23(16,20)21/h1-3,5-6,9H,4,7-8H2. The molecule has 122 valence electrons. The van der Waals surface area contributed by atoms with Crippen molar-refractivity contribution < 1.29 is 17.7 Å². The highest BCUT2D eigenvalue weighted by Gasteiger charge is 2.35. The molecule has 0 saturated carbocycles. The molecule has 3 rings (SSSR count). The lowest BCUT2D eigenvalue weighted by molar-refractivity contribution is -0.117. The molecule has 2 aromatic rings. The van der Waals surface area contributed by atoms with Gasteiger partial charge >= 0.3 is 0 Å². The van der Waals surface area contributed by atoms with Crippen LogP contribution in [-0.2, 0) is 13.8 Å². The maximum absolute atomic E-state index is 12.1. The molecule has 0 spiro atoms. The van der Waals surface area contributed by atoms with Gasteiger partial charge in [-0.15, -0.1) is 0 Å². The minimum Gasteiger partial charge on any atom is -0.338 e. The van der Waals surface area contributed by atoms with Crippen LogP contribution in [-0.4, -0.2) is 31.8 Å². The van der Waals surface area contributed by atoms with E-state index >= 15 is 0 Å². The normalized spacial score (nSPS) is 18.6. The first-order valence-electron chi connectivity index (χ1n) is 6.77. The third-order valence-corrected chi connectivity index (χ3v) is 5.26. The summed E-state index contributed by atoms with van der Waals surface area (Å²) in [5.74, 6) is -0.472. The molecule has 6 nitrogen and oxygen atoms in total. The maximum atomic E-state index is 12.1. The number of rotatable bonds is 4. The Bertz CT molecular complexity index is 852. The van der Waals surface area contributed by atoms with Crippen LogP contribution in [0.15, 0.2) is 39.3 Å². The summed E-state index contributed by atoms with van der Waals surface area (Å²) in [6.45, 7) is 0.248. The van der Waals surface area contributed by atoms with Crippen LogP contribution in [0.4, 0.5) is 5.88 Å². The molecular formula is C14H12BrClN2O4S. The highest BCUT2D eigenvalue weighted by molar-refractivity contribution is 9.10. The molecule has 1 aromatic carbocycles. The van der Waals surface area contributed by atoms with Gasteiger partial charge in [0.1, 0.15) is 5.69 Å². The van der Waals surface area contributed by atoms with Crippen molar-refractivity contribution in [2.75, 3.05) is 17.2 Å². The molecule has 0 N–H and O–H groups in total. The number of benzene rings is 1. The van der Waals surface area contributed by atoms with Crippen molar-refractivity contribution in [3.8, 4) is 11.3 Å². The van der Waals surface area contributed by atoms with Gasteiger partial charge in [0, 0.05) is 45.7 Å². The van der Waals surface area contributed by atoms with E-state index in [9.17, 15) is 13.2 Å². The SMILES string of the molecule is O=C1CC(CS(=O)(=O)Cl)CN1c1cc(-c2cccc(Br)c2)no1. The van der Waals surface area contributed by atoms with Crippen molar-refractivity contribution in [3.05, 3.63) is 34.8 Å². The van der Waals surface area contributed by atoms with Crippen LogP contribution in [0.3, 0.4) is 0 Å². The van der Waals surface area contributed by atoms with Crippen LogP contribution in [0.2, 0.25) is 0 Å². The van der Waals surface area contributed by atoms with E-state index in [0.29, 0.717) is 11.6 Å². The van der Waals surface area contributed by atoms with Gasteiger partial charge in [-0.25, -0.2) is 8.42 Å². The van der Waals surface area contributed by atoms with E-state index in [4.69, 9.17) is 15.2 Å². The average Bonchev–Trinajstić information content (AvgIpc) is 3.03. The number of anilines is 1. The number of halogens is 2. The van der Waals surface area contributed by atoms with Gasteiger partial charge in [-0.05, 0) is 12.1 Å². The molecule has 1 unspecified atom stereocenters. The quantitative estimate of drug-likeness (QED) is 0.712. The molecule has 0 aliphatic carbocycles. The van der Waals surface area contributed by atoms with Crippen LogP contribution < -0.4 is 4.90 Å². The summed E-state index contributed by atoms with van der Waals surface area (Å²) in [6, 6.07) is 9.19. The highest BCUT2D eigenvalue weighted by Crippen LogP contribution is 2.30. The Balaban J connectivity index is 1.79. The summed E-state index contributed by atoms with van der Waals surface area (Å²) in [5.41, 5.74) is 1.45. The fourth-order valence-corrected chi connectivity index (χ4v) is 4.28. The minimum atomic E-state index is -3.64. The molecule has 1 aliphatic rings. The molecule has 9 heteroatoms. The molecule has 0 radical (unpaired) electrons. The lowest BCUT2D eigenvalue weighted by atomic mass is 10.1. The summed E-state index contributed by atoms with van der Waals surface area (Å²) in [7, 11) is 1.62. The minimum absolute atomic E-state index is 0.124. The number of carbonyl (C=O) groups is 1. The number of nitrogens with zero attached hydrogens (tertiary/aromatic N) is 2. The van der Waals surface area contributed by atoms with Gasteiger partial charge in [-0.1, -0.05) is 33.2 Å². The van der Waals surface area contributed by atoms with Crippen LogP contribution in [0.5, 0.6) is 0 Å².